The van der Waals surface area contributed by atoms with Crippen LogP contribution in [0.3, 0.4) is 0 Å². The van der Waals surface area contributed by atoms with Gasteiger partial charge < -0.3 is 5.32 Å². The minimum absolute atomic E-state index is 0.201. The van der Waals surface area contributed by atoms with Gasteiger partial charge in [-0.1, -0.05) is 29.8 Å². The van der Waals surface area contributed by atoms with Gasteiger partial charge in [-0.05, 0) is 50.6 Å². The van der Waals surface area contributed by atoms with Crippen molar-refractivity contribution in [2.24, 2.45) is 0 Å². The normalized spacial score (nSPS) is 12.0. The molecule has 5 nitrogen and oxygen atoms in total. The molecule has 1 atom stereocenters. The summed E-state index contributed by atoms with van der Waals surface area (Å²) in [6, 6.07) is 15.3. The molecule has 0 spiro atoms. The summed E-state index contributed by atoms with van der Waals surface area (Å²) in [6.45, 7) is 5.86. The third-order valence-corrected chi connectivity index (χ3v) is 5.11. The summed E-state index contributed by atoms with van der Waals surface area (Å²) in [7, 11) is -0.948. The van der Waals surface area contributed by atoms with Crippen LogP contribution in [0.2, 0.25) is 0 Å². The van der Waals surface area contributed by atoms with Crippen molar-refractivity contribution >= 4 is 22.4 Å². The maximum absolute atomic E-state index is 12.7. The molecule has 0 aliphatic carbocycles. The first kappa shape index (κ1) is 19.0. The highest BCUT2D eigenvalue weighted by Crippen LogP contribution is 2.24. The van der Waals surface area contributed by atoms with E-state index in [1.807, 2.05) is 61.9 Å². The minimum atomic E-state index is -0.948. The van der Waals surface area contributed by atoms with Crippen LogP contribution >= 0.6 is 0 Å². The lowest BCUT2D eigenvalue weighted by molar-refractivity contribution is 0.102. The van der Waals surface area contributed by atoms with E-state index in [0.717, 1.165) is 22.6 Å². The second-order valence-electron chi connectivity index (χ2n) is 6.67. The van der Waals surface area contributed by atoms with Crippen molar-refractivity contribution in [1.82, 2.24) is 9.78 Å². The van der Waals surface area contributed by atoms with Gasteiger partial charge in [0.2, 0.25) is 0 Å². The number of rotatable bonds is 5. The second kappa shape index (κ2) is 7.88. The summed E-state index contributed by atoms with van der Waals surface area (Å²) in [5, 5.41) is 7.55. The van der Waals surface area contributed by atoms with E-state index >= 15 is 0 Å². The van der Waals surface area contributed by atoms with E-state index in [0.29, 0.717) is 17.0 Å². The van der Waals surface area contributed by atoms with Crippen LogP contribution in [-0.2, 0) is 16.6 Å². The van der Waals surface area contributed by atoms with Gasteiger partial charge in [0, 0.05) is 28.4 Å². The first-order chi connectivity index (χ1) is 12.8. The third kappa shape index (κ3) is 4.34. The number of hydrogen-bond donors (Lipinski definition) is 1. The Morgan fingerprint density at radius 3 is 2.48 bits per heavy atom. The molecule has 1 heterocycles. The molecule has 0 aliphatic heterocycles. The summed E-state index contributed by atoms with van der Waals surface area (Å²) in [5.41, 5.74) is 5.90. The fraction of sp³-hybridized carbons (Fsp3) is 0.238. The number of carbonyl (C=O) groups excluding carboxylic acids is 1. The second-order valence-corrected chi connectivity index (χ2v) is 8.10. The third-order valence-electron chi connectivity index (χ3n) is 4.37. The Balaban J connectivity index is 1.86. The van der Waals surface area contributed by atoms with Crippen molar-refractivity contribution in [3.05, 3.63) is 76.6 Å². The quantitative estimate of drug-likeness (QED) is 0.728. The molecule has 1 N–H and O–H groups in total. The molecule has 6 heteroatoms. The molecule has 0 aliphatic rings. The monoisotopic (exact) mass is 381 g/mol. The number of hydrogen-bond acceptors (Lipinski definition) is 3. The molecule has 27 heavy (non-hydrogen) atoms. The summed E-state index contributed by atoms with van der Waals surface area (Å²) >= 11 is 0. The van der Waals surface area contributed by atoms with E-state index < -0.39 is 10.8 Å². The molecule has 1 amide bonds. The van der Waals surface area contributed by atoms with Gasteiger partial charge >= 0.3 is 0 Å². The number of carbonyl (C=O) groups is 1. The predicted octanol–water partition coefficient (Wildman–Crippen LogP) is 3.93. The average molecular weight is 382 g/mol. The molecule has 0 saturated heterocycles. The van der Waals surface area contributed by atoms with E-state index in [1.54, 1.807) is 18.4 Å². The summed E-state index contributed by atoms with van der Waals surface area (Å²) in [6.07, 6.45) is 1.65. The van der Waals surface area contributed by atoms with Crippen molar-refractivity contribution in [3.8, 4) is 5.69 Å². The maximum Gasteiger partial charge on any atom is 0.255 e. The average Bonchev–Trinajstić information content (AvgIpc) is 2.90. The lowest BCUT2D eigenvalue weighted by Crippen LogP contribution is -2.13. The molecule has 0 unspecified atom stereocenters. The van der Waals surface area contributed by atoms with Gasteiger partial charge in [0.1, 0.15) is 0 Å². The molecular formula is C21H23N3O2S. The first-order valence-corrected chi connectivity index (χ1v) is 10.4. The molecule has 0 fully saturated rings. The minimum Gasteiger partial charge on any atom is -0.319 e. The predicted molar refractivity (Wildman–Crippen MR) is 110 cm³/mol. The highest BCUT2D eigenvalue weighted by molar-refractivity contribution is 7.83. The summed E-state index contributed by atoms with van der Waals surface area (Å²) < 4.78 is 13.3. The number of nitrogens with zero attached hydrogens (tertiary/aromatic N) is 2. The molecule has 3 aromatic rings. The van der Waals surface area contributed by atoms with E-state index in [9.17, 15) is 9.00 Å². The molecule has 3 rings (SSSR count). The zero-order valence-corrected chi connectivity index (χ0v) is 16.8. The zero-order chi connectivity index (χ0) is 19.6. The van der Waals surface area contributed by atoms with E-state index in [-0.39, 0.29) is 5.91 Å². The zero-order valence-electron chi connectivity index (χ0n) is 15.9. The summed E-state index contributed by atoms with van der Waals surface area (Å²) in [5.74, 6) is 0.234. The van der Waals surface area contributed by atoms with Gasteiger partial charge in [-0.3, -0.25) is 9.00 Å². The number of amides is 1. The Labute approximate surface area is 161 Å². The fourth-order valence-corrected chi connectivity index (χ4v) is 3.63. The number of benzene rings is 2. The van der Waals surface area contributed by atoms with Crippen molar-refractivity contribution < 1.29 is 9.00 Å². The number of aryl methyl sites for hydroxylation is 2. The van der Waals surface area contributed by atoms with Gasteiger partial charge in [0.15, 0.2) is 0 Å². The standard InChI is InChI=1S/C21H23N3O2S/c1-14-8-10-19(11-9-14)24-16(3)20(15(2)23-24)22-21(25)18-7-5-6-17(12-18)13-27(4)26/h5-12H,13H2,1-4H3,(H,22,25)/t27-/m0/s1. The van der Waals surface area contributed by atoms with Crippen molar-refractivity contribution in [1.29, 1.82) is 0 Å². The molecule has 0 bridgehead atoms. The SMILES string of the molecule is Cc1ccc(-n2nc(C)c(NC(=O)c3cccc(C[S@](C)=O)c3)c2C)cc1. The van der Waals surface area contributed by atoms with Crippen molar-refractivity contribution in [2.75, 3.05) is 11.6 Å². The Morgan fingerprint density at radius 1 is 1.11 bits per heavy atom. The van der Waals surface area contributed by atoms with Crippen LogP contribution in [-0.4, -0.2) is 26.2 Å². The van der Waals surface area contributed by atoms with E-state index in [2.05, 4.69) is 10.4 Å². The first-order valence-electron chi connectivity index (χ1n) is 8.68. The van der Waals surface area contributed by atoms with Crippen LogP contribution in [0.15, 0.2) is 48.5 Å². The lowest BCUT2D eigenvalue weighted by Gasteiger charge is -2.08. The van der Waals surface area contributed by atoms with Crippen molar-refractivity contribution in [3.63, 3.8) is 0 Å². The van der Waals surface area contributed by atoms with Crippen LogP contribution in [0.1, 0.15) is 32.9 Å². The van der Waals surface area contributed by atoms with Crippen LogP contribution in [0.4, 0.5) is 5.69 Å². The Bertz CT molecular complexity index is 1010. The molecule has 0 saturated carbocycles. The molecular weight excluding hydrogens is 358 g/mol. The molecule has 1 aromatic heterocycles. The Kier molecular flexibility index (Phi) is 5.56. The summed E-state index contributed by atoms with van der Waals surface area (Å²) in [4.78, 5) is 12.7. The van der Waals surface area contributed by atoms with Gasteiger partial charge in [0.05, 0.1) is 22.8 Å². The molecule has 2 aromatic carbocycles. The Morgan fingerprint density at radius 2 is 1.81 bits per heavy atom. The van der Waals surface area contributed by atoms with Crippen LogP contribution < -0.4 is 5.32 Å². The van der Waals surface area contributed by atoms with Crippen molar-refractivity contribution in [2.45, 2.75) is 26.5 Å². The van der Waals surface area contributed by atoms with Gasteiger partial charge in [-0.25, -0.2) is 4.68 Å². The van der Waals surface area contributed by atoms with Crippen LogP contribution in [0.25, 0.3) is 5.69 Å². The number of anilines is 1. The van der Waals surface area contributed by atoms with Crippen LogP contribution in [0.5, 0.6) is 0 Å². The van der Waals surface area contributed by atoms with Crippen LogP contribution in [0, 0.1) is 20.8 Å². The van der Waals surface area contributed by atoms with Gasteiger partial charge in [-0.15, -0.1) is 0 Å². The van der Waals surface area contributed by atoms with E-state index in [1.165, 1.54) is 5.56 Å². The maximum atomic E-state index is 12.7. The molecule has 0 radical (unpaired) electrons. The number of aromatic nitrogens is 2. The Hall–Kier alpha value is -2.73. The highest BCUT2D eigenvalue weighted by atomic mass is 32.2. The largest absolute Gasteiger partial charge is 0.319 e. The lowest BCUT2D eigenvalue weighted by atomic mass is 10.1. The molecule has 140 valence electrons. The van der Waals surface area contributed by atoms with Gasteiger partial charge in [0.25, 0.3) is 5.91 Å². The topological polar surface area (TPSA) is 64.0 Å². The van der Waals surface area contributed by atoms with Gasteiger partial charge in [-0.2, -0.15) is 5.10 Å². The highest BCUT2D eigenvalue weighted by Gasteiger charge is 2.16. The smallest absolute Gasteiger partial charge is 0.255 e. The fourth-order valence-electron chi connectivity index (χ4n) is 2.98. The number of nitrogens with one attached hydrogen (secondary N) is 1. The van der Waals surface area contributed by atoms with E-state index in [4.69, 9.17) is 0 Å².